The minimum atomic E-state index is -0.763. The maximum absolute atomic E-state index is 13.1. The quantitative estimate of drug-likeness (QED) is 0.520. The summed E-state index contributed by atoms with van der Waals surface area (Å²) in [7, 11) is 1.66. The number of hydrogen-bond acceptors (Lipinski definition) is 6. The topological polar surface area (TPSA) is 80.8 Å². The lowest BCUT2D eigenvalue weighted by Crippen LogP contribution is -2.52. The fourth-order valence-corrected chi connectivity index (χ4v) is 4.48. The Morgan fingerprint density at radius 1 is 1.30 bits per heavy atom. The van der Waals surface area contributed by atoms with Gasteiger partial charge in [0.15, 0.2) is 6.10 Å². The summed E-state index contributed by atoms with van der Waals surface area (Å²) < 4.78 is 10.9. The minimum Gasteiger partial charge on any atom is -0.479 e. The summed E-state index contributed by atoms with van der Waals surface area (Å²) in [5.74, 6) is -0.0454. The lowest BCUT2D eigenvalue weighted by molar-refractivity contribution is -0.128. The van der Waals surface area contributed by atoms with Gasteiger partial charge in [-0.25, -0.2) is 4.98 Å². The van der Waals surface area contributed by atoms with E-state index < -0.39 is 12.1 Å². The smallest absolute Gasteiger partial charge is 0.268 e. The van der Waals surface area contributed by atoms with Crippen molar-refractivity contribution in [1.29, 1.82) is 0 Å². The number of nitrogens with zero attached hydrogens (tertiary/aromatic N) is 2. The van der Waals surface area contributed by atoms with E-state index in [0.717, 1.165) is 22.7 Å². The molecule has 2 aromatic carbocycles. The molecule has 4 rings (SSSR count). The van der Waals surface area contributed by atoms with Crippen molar-refractivity contribution in [3.8, 4) is 17.0 Å². The number of carbonyl (C=O) groups is 2. The molecule has 2 unspecified atom stereocenters. The fourth-order valence-electron chi connectivity index (χ4n) is 3.56. The highest BCUT2D eigenvalue weighted by atomic mass is 35.5. The summed E-state index contributed by atoms with van der Waals surface area (Å²) in [6, 6.07) is 11.6. The van der Waals surface area contributed by atoms with Crippen LogP contribution in [-0.4, -0.2) is 42.7 Å². The molecule has 33 heavy (non-hydrogen) atoms. The lowest BCUT2D eigenvalue weighted by atomic mass is 10.1. The van der Waals surface area contributed by atoms with Gasteiger partial charge in [0.1, 0.15) is 11.8 Å². The molecule has 3 aromatic rings. The molecule has 1 aliphatic heterocycles. The molecule has 0 fully saturated rings. The maximum atomic E-state index is 13.1. The average molecular weight is 486 g/mol. The molecule has 1 aliphatic rings. The first-order valence-electron chi connectivity index (χ1n) is 10.5. The van der Waals surface area contributed by atoms with Crippen LogP contribution in [0.15, 0.2) is 47.8 Å². The van der Waals surface area contributed by atoms with Crippen LogP contribution in [0, 0.1) is 0 Å². The zero-order chi connectivity index (χ0) is 23.5. The first kappa shape index (κ1) is 23.2. The number of carbonyl (C=O) groups excluding carboxylic acids is 2. The average Bonchev–Trinajstić information content (AvgIpc) is 3.28. The first-order chi connectivity index (χ1) is 15.9. The van der Waals surface area contributed by atoms with Crippen molar-refractivity contribution in [2.45, 2.75) is 32.4 Å². The number of anilines is 2. The summed E-state index contributed by atoms with van der Waals surface area (Å²) in [6.45, 7) is 3.98. The second-order valence-electron chi connectivity index (χ2n) is 7.69. The van der Waals surface area contributed by atoms with E-state index in [2.05, 4.69) is 10.3 Å². The molecule has 0 saturated carbocycles. The molecule has 0 radical (unpaired) electrons. The Morgan fingerprint density at radius 3 is 2.79 bits per heavy atom. The number of fused-ring (bicyclic) bond motifs is 1. The highest BCUT2D eigenvalue weighted by molar-refractivity contribution is 7.09. The standard InChI is InChI=1S/C24H24ClN3O4S/c1-14(23(29)26-18-7-5-17(25)6-8-18)28-20-12-16(4-9-21(20)32-15(2)24(28)30)19-13-33-22(27-19)10-11-31-3/h4-9,12-15H,10-11H2,1-3H3,(H,26,29). The molecular weight excluding hydrogens is 462 g/mol. The molecule has 1 N–H and O–H groups in total. The van der Waals surface area contributed by atoms with E-state index in [0.29, 0.717) is 28.8 Å². The first-order valence-corrected chi connectivity index (χ1v) is 11.8. The summed E-state index contributed by atoms with van der Waals surface area (Å²) in [5.41, 5.74) is 2.79. The van der Waals surface area contributed by atoms with Gasteiger partial charge in [-0.05, 0) is 56.3 Å². The van der Waals surface area contributed by atoms with Crippen LogP contribution >= 0.6 is 22.9 Å². The van der Waals surface area contributed by atoms with Gasteiger partial charge < -0.3 is 14.8 Å². The van der Waals surface area contributed by atoms with Gasteiger partial charge in [-0.15, -0.1) is 11.3 Å². The maximum Gasteiger partial charge on any atom is 0.268 e. The number of ether oxygens (including phenoxy) is 2. The van der Waals surface area contributed by atoms with Gasteiger partial charge in [0.05, 0.1) is 23.0 Å². The van der Waals surface area contributed by atoms with Crippen molar-refractivity contribution in [1.82, 2.24) is 4.98 Å². The number of aromatic nitrogens is 1. The van der Waals surface area contributed by atoms with E-state index in [1.807, 2.05) is 23.6 Å². The van der Waals surface area contributed by atoms with E-state index in [4.69, 9.17) is 21.1 Å². The third kappa shape index (κ3) is 5.03. The van der Waals surface area contributed by atoms with E-state index in [-0.39, 0.29) is 11.8 Å². The molecule has 9 heteroatoms. The number of thiazole rings is 1. The zero-order valence-corrected chi connectivity index (χ0v) is 20.1. The number of rotatable bonds is 7. The van der Waals surface area contributed by atoms with E-state index >= 15 is 0 Å². The molecule has 1 aromatic heterocycles. The highest BCUT2D eigenvalue weighted by Crippen LogP contribution is 2.39. The molecule has 2 amide bonds. The summed E-state index contributed by atoms with van der Waals surface area (Å²) in [6.07, 6.45) is 0.0354. The molecule has 7 nitrogen and oxygen atoms in total. The third-order valence-electron chi connectivity index (χ3n) is 5.35. The van der Waals surface area contributed by atoms with Crippen LogP contribution in [0.2, 0.25) is 5.02 Å². The zero-order valence-electron chi connectivity index (χ0n) is 18.5. The molecule has 0 bridgehead atoms. The van der Waals surface area contributed by atoms with Gasteiger partial charge >= 0.3 is 0 Å². The monoisotopic (exact) mass is 485 g/mol. The highest BCUT2D eigenvalue weighted by Gasteiger charge is 2.37. The Labute approximate surface area is 201 Å². The third-order valence-corrected chi connectivity index (χ3v) is 6.51. The van der Waals surface area contributed by atoms with Crippen LogP contribution in [0.25, 0.3) is 11.3 Å². The van der Waals surface area contributed by atoms with Crippen LogP contribution in [0.1, 0.15) is 18.9 Å². The molecule has 0 aliphatic carbocycles. The second kappa shape index (κ2) is 9.91. The lowest BCUT2D eigenvalue weighted by Gasteiger charge is -2.36. The second-order valence-corrected chi connectivity index (χ2v) is 9.07. The van der Waals surface area contributed by atoms with Crippen LogP contribution < -0.4 is 15.0 Å². The predicted octanol–water partition coefficient (Wildman–Crippen LogP) is 4.79. The Hall–Kier alpha value is -2.94. The van der Waals surface area contributed by atoms with Gasteiger partial charge in [0.2, 0.25) is 5.91 Å². The van der Waals surface area contributed by atoms with Gasteiger partial charge in [-0.1, -0.05) is 11.6 Å². The van der Waals surface area contributed by atoms with Crippen LogP contribution in [-0.2, 0) is 20.7 Å². The molecule has 172 valence electrons. The number of hydrogen-bond donors (Lipinski definition) is 1. The Bertz CT molecular complexity index is 1160. The minimum absolute atomic E-state index is 0.280. The van der Waals surface area contributed by atoms with Crippen molar-refractivity contribution in [3.63, 3.8) is 0 Å². The summed E-state index contributed by atoms with van der Waals surface area (Å²) >= 11 is 7.49. The van der Waals surface area contributed by atoms with Gasteiger partial charge in [-0.2, -0.15) is 0 Å². The number of halogens is 1. The Morgan fingerprint density at radius 2 is 2.06 bits per heavy atom. The fraction of sp³-hybridized carbons (Fsp3) is 0.292. The SMILES string of the molecule is COCCc1nc(-c2ccc3c(c2)N(C(C)C(=O)Nc2ccc(Cl)cc2)C(=O)C(C)O3)cs1. The molecule has 2 heterocycles. The van der Waals surface area contributed by atoms with Crippen molar-refractivity contribution < 1.29 is 19.1 Å². The number of nitrogens with one attached hydrogen (secondary N) is 1. The van der Waals surface area contributed by atoms with Gasteiger partial charge in [0, 0.05) is 35.2 Å². The van der Waals surface area contributed by atoms with E-state index in [1.54, 1.807) is 56.6 Å². The normalized spacial score (nSPS) is 16.2. The van der Waals surface area contributed by atoms with Crippen molar-refractivity contribution in [2.75, 3.05) is 23.9 Å². The van der Waals surface area contributed by atoms with Crippen LogP contribution in [0.3, 0.4) is 0 Å². The van der Waals surface area contributed by atoms with Crippen LogP contribution in [0.4, 0.5) is 11.4 Å². The van der Waals surface area contributed by atoms with Crippen molar-refractivity contribution in [3.05, 3.63) is 57.9 Å². The van der Waals surface area contributed by atoms with Crippen molar-refractivity contribution in [2.24, 2.45) is 0 Å². The Kier molecular flexibility index (Phi) is 6.97. The predicted molar refractivity (Wildman–Crippen MR) is 130 cm³/mol. The van der Waals surface area contributed by atoms with E-state index in [9.17, 15) is 9.59 Å². The number of amides is 2. The molecule has 0 saturated heterocycles. The number of methoxy groups -OCH3 is 1. The molecular formula is C24H24ClN3O4S. The Balaban J connectivity index is 1.63. The van der Waals surface area contributed by atoms with Crippen molar-refractivity contribution >= 4 is 46.1 Å². The van der Waals surface area contributed by atoms with Crippen LogP contribution in [0.5, 0.6) is 5.75 Å². The molecule has 2 atom stereocenters. The largest absolute Gasteiger partial charge is 0.479 e. The van der Waals surface area contributed by atoms with Gasteiger partial charge in [-0.3, -0.25) is 14.5 Å². The number of benzene rings is 2. The summed E-state index contributed by atoms with van der Waals surface area (Å²) in [4.78, 5) is 32.3. The van der Waals surface area contributed by atoms with E-state index in [1.165, 1.54) is 4.90 Å². The molecule has 0 spiro atoms. The van der Waals surface area contributed by atoms with Gasteiger partial charge in [0.25, 0.3) is 5.91 Å². The summed E-state index contributed by atoms with van der Waals surface area (Å²) in [5, 5.41) is 6.37.